The summed E-state index contributed by atoms with van der Waals surface area (Å²) in [5.41, 5.74) is 8.64. The molecule has 0 radical (unpaired) electrons. The highest BCUT2D eigenvalue weighted by atomic mass is 79.9. The molecule has 90 valence electrons. The number of nitrogens with one attached hydrogen (secondary N) is 2. The van der Waals surface area contributed by atoms with Gasteiger partial charge in [0, 0.05) is 15.7 Å². The maximum Gasteiger partial charge on any atom is 0.268 e. The quantitative estimate of drug-likeness (QED) is 0.680. The molecule has 0 bridgehead atoms. The van der Waals surface area contributed by atoms with Crippen molar-refractivity contribution in [1.82, 2.24) is 10.8 Å². The topological polar surface area (TPSA) is 93.5 Å². The summed E-state index contributed by atoms with van der Waals surface area (Å²) >= 11 is 3.24. The first kappa shape index (κ1) is 11.9. The van der Waals surface area contributed by atoms with Crippen molar-refractivity contribution in [1.29, 1.82) is 0 Å². The second-order valence-electron chi connectivity index (χ2n) is 3.58. The normalized spacial score (nSPS) is 18.9. The average molecular weight is 300 g/mol. The van der Waals surface area contributed by atoms with Crippen molar-refractivity contribution in [3.05, 3.63) is 28.2 Å². The lowest BCUT2D eigenvalue weighted by Crippen LogP contribution is -2.41. The van der Waals surface area contributed by atoms with Crippen molar-refractivity contribution in [3.63, 3.8) is 0 Å². The first-order valence-electron chi connectivity index (χ1n) is 4.85. The van der Waals surface area contributed by atoms with Gasteiger partial charge in [0.1, 0.15) is 12.6 Å². The van der Waals surface area contributed by atoms with Crippen molar-refractivity contribution in [2.45, 2.75) is 6.04 Å². The molecule has 1 atom stereocenters. The highest BCUT2D eigenvalue weighted by molar-refractivity contribution is 9.10. The molecule has 1 aliphatic rings. The molecule has 17 heavy (non-hydrogen) atoms. The van der Waals surface area contributed by atoms with Gasteiger partial charge in [-0.25, -0.2) is 5.48 Å². The zero-order valence-electron chi connectivity index (χ0n) is 8.70. The predicted octanol–water partition coefficient (Wildman–Crippen LogP) is 0.191. The van der Waals surface area contributed by atoms with E-state index in [0.29, 0.717) is 15.7 Å². The molecule has 1 saturated heterocycles. The van der Waals surface area contributed by atoms with Crippen LogP contribution in [0.2, 0.25) is 0 Å². The van der Waals surface area contributed by atoms with E-state index < -0.39 is 6.04 Å². The number of benzene rings is 1. The van der Waals surface area contributed by atoms with E-state index in [4.69, 9.17) is 10.6 Å². The van der Waals surface area contributed by atoms with Crippen LogP contribution in [0.4, 0.5) is 5.69 Å². The number of nitrogen functional groups attached to an aromatic ring is 1. The third-order valence-corrected chi connectivity index (χ3v) is 2.68. The maximum atomic E-state index is 11.8. The fourth-order valence-electron chi connectivity index (χ4n) is 1.44. The molecule has 0 unspecified atom stereocenters. The Kier molecular flexibility index (Phi) is 3.30. The zero-order valence-corrected chi connectivity index (χ0v) is 10.3. The number of hydroxylamine groups is 1. The van der Waals surface area contributed by atoms with Gasteiger partial charge in [-0.15, -0.1) is 0 Å². The fraction of sp³-hybridized carbons (Fsp3) is 0.200. The first-order valence-corrected chi connectivity index (χ1v) is 5.64. The Labute approximate surface area is 106 Å². The standard InChI is InChI=1S/C10H10BrN3O3/c11-6-1-5(2-7(12)3-6)9(15)13-8-4-17-14-10(8)16/h1-3,8H,4,12H2,(H,13,15)(H,14,16)/t8-/m1/s1. The van der Waals surface area contributed by atoms with Crippen molar-refractivity contribution in [3.8, 4) is 0 Å². The molecule has 1 fully saturated rings. The molecule has 0 aromatic heterocycles. The van der Waals surface area contributed by atoms with Gasteiger partial charge in [0.15, 0.2) is 0 Å². The zero-order chi connectivity index (χ0) is 12.4. The summed E-state index contributed by atoms with van der Waals surface area (Å²) in [5, 5.41) is 2.55. The molecule has 2 rings (SSSR count). The number of hydrogen-bond donors (Lipinski definition) is 3. The third kappa shape index (κ3) is 2.75. The summed E-state index contributed by atoms with van der Waals surface area (Å²) in [6.07, 6.45) is 0. The molecule has 1 heterocycles. The molecule has 7 heteroatoms. The molecule has 0 saturated carbocycles. The lowest BCUT2D eigenvalue weighted by Gasteiger charge is -2.09. The lowest BCUT2D eigenvalue weighted by atomic mass is 10.2. The Morgan fingerprint density at radius 2 is 2.29 bits per heavy atom. The predicted molar refractivity (Wildman–Crippen MR) is 63.9 cm³/mol. The minimum absolute atomic E-state index is 0.119. The number of hydrogen-bond acceptors (Lipinski definition) is 4. The Morgan fingerprint density at radius 1 is 1.53 bits per heavy atom. The van der Waals surface area contributed by atoms with Gasteiger partial charge in [-0.1, -0.05) is 15.9 Å². The summed E-state index contributed by atoms with van der Waals surface area (Å²) in [4.78, 5) is 27.7. The van der Waals surface area contributed by atoms with Crippen LogP contribution in [0.5, 0.6) is 0 Å². The summed E-state index contributed by atoms with van der Waals surface area (Å²) in [7, 11) is 0. The van der Waals surface area contributed by atoms with Crippen LogP contribution in [0.15, 0.2) is 22.7 Å². The first-order chi connectivity index (χ1) is 8.06. The van der Waals surface area contributed by atoms with Crippen molar-refractivity contribution in [2.24, 2.45) is 0 Å². The van der Waals surface area contributed by atoms with E-state index in [9.17, 15) is 9.59 Å². The van der Waals surface area contributed by atoms with E-state index in [-0.39, 0.29) is 18.4 Å². The largest absolute Gasteiger partial charge is 0.399 e. The number of amides is 2. The number of nitrogens with two attached hydrogens (primary N) is 1. The SMILES string of the molecule is Nc1cc(Br)cc(C(=O)N[C@@H]2CONC2=O)c1. The van der Waals surface area contributed by atoms with E-state index in [0.717, 1.165) is 0 Å². The summed E-state index contributed by atoms with van der Waals surface area (Å²) in [5.74, 6) is -0.732. The average Bonchev–Trinajstić information content (AvgIpc) is 2.63. The number of rotatable bonds is 2. The molecular formula is C10H10BrN3O3. The van der Waals surface area contributed by atoms with Crippen molar-refractivity contribution < 1.29 is 14.4 Å². The van der Waals surface area contributed by atoms with Crippen molar-refractivity contribution >= 4 is 33.4 Å². The van der Waals surface area contributed by atoms with Crippen LogP contribution in [0.3, 0.4) is 0 Å². The van der Waals surface area contributed by atoms with E-state index in [1.165, 1.54) is 6.07 Å². The van der Waals surface area contributed by atoms with E-state index in [1.807, 2.05) is 0 Å². The van der Waals surface area contributed by atoms with E-state index in [1.54, 1.807) is 12.1 Å². The van der Waals surface area contributed by atoms with Gasteiger partial charge in [0.25, 0.3) is 11.8 Å². The fourth-order valence-corrected chi connectivity index (χ4v) is 1.95. The number of anilines is 1. The summed E-state index contributed by atoms with van der Waals surface area (Å²) in [6.45, 7) is 0.119. The van der Waals surface area contributed by atoms with Gasteiger partial charge >= 0.3 is 0 Å². The number of carbonyl (C=O) groups excluding carboxylic acids is 2. The van der Waals surface area contributed by atoms with E-state index in [2.05, 4.69) is 26.7 Å². The highest BCUT2D eigenvalue weighted by Gasteiger charge is 2.27. The lowest BCUT2D eigenvalue weighted by molar-refractivity contribution is -0.125. The Morgan fingerprint density at radius 3 is 2.88 bits per heavy atom. The van der Waals surface area contributed by atoms with E-state index >= 15 is 0 Å². The molecule has 0 spiro atoms. The second-order valence-corrected chi connectivity index (χ2v) is 4.49. The Bertz CT molecular complexity index is 458. The number of carbonyl (C=O) groups is 2. The maximum absolute atomic E-state index is 11.8. The van der Waals surface area contributed by atoms with Crippen LogP contribution < -0.4 is 16.5 Å². The van der Waals surface area contributed by atoms with Gasteiger partial charge in [-0.05, 0) is 18.2 Å². The Hall–Kier alpha value is -1.60. The third-order valence-electron chi connectivity index (χ3n) is 2.23. The minimum Gasteiger partial charge on any atom is -0.399 e. The second kappa shape index (κ2) is 4.72. The van der Waals surface area contributed by atoms with Crippen LogP contribution in [0.1, 0.15) is 10.4 Å². The minimum atomic E-state index is -0.664. The molecule has 0 aliphatic carbocycles. The van der Waals surface area contributed by atoms with Crippen LogP contribution >= 0.6 is 15.9 Å². The summed E-state index contributed by atoms with van der Waals surface area (Å²) < 4.78 is 0.703. The molecule has 4 N–H and O–H groups in total. The molecule has 1 aromatic rings. The van der Waals surface area contributed by atoms with Gasteiger partial charge in [0.2, 0.25) is 0 Å². The van der Waals surface area contributed by atoms with Crippen LogP contribution in [-0.4, -0.2) is 24.5 Å². The Balaban J connectivity index is 2.11. The number of halogens is 1. The van der Waals surface area contributed by atoms with Gasteiger partial charge in [-0.2, -0.15) is 0 Å². The smallest absolute Gasteiger partial charge is 0.268 e. The molecular weight excluding hydrogens is 290 g/mol. The molecule has 1 aromatic carbocycles. The highest BCUT2D eigenvalue weighted by Crippen LogP contribution is 2.17. The van der Waals surface area contributed by atoms with Gasteiger partial charge in [-0.3, -0.25) is 14.4 Å². The molecule has 2 amide bonds. The van der Waals surface area contributed by atoms with Crippen LogP contribution in [-0.2, 0) is 9.63 Å². The summed E-state index contributed by atoms with van der Waals surface area (Å²) in [6, 6.07) is 4.18. The molecule has 1 aliphatic heterocycles. The van der Waals surface area contributed by atoms with Crippen molar-refractivity contribution in [2.75, 3.05) is 12.3 Å². The molecule has 6 nitrogen and oxygen atoms in total. The van der Waals surface area contributed by atoms with Gasteiger partial charge < -0.3 is 11.1 Å². The van der Waals surface area contributed by atoms with Gasteiger partial charge in [0.05, 0.1) is 0 Å². The van der Waals surface area contributed by atoms with Crippen LogP contribution in [0.25, 0.3) is 0 Å². The monoisotopic (exact) mass is 299 g/mol. The van der Waals surface area contributed by atoms with Crippen LogP contribution in [0, 0.1) is 0 Å².